The zero-order valence-corrected chi connectivity index (χ0v) is 15.1. The van der Waals surface area contributed by atoms with Crippen LogP contribution in [0.15, 0.2) is 51.7 Å². The molecule has 3 aromatic rings. The summed E-state index contributed by atoms with van der Waals surface area (Å²) in [5.74, 6) is -0.550. The van der Waals surface area contributed by atoms with Gasteiger partial charge in [-0.25, -0.2) is 0 Å². The van der Waals surface area contributed by atoms with Crippen LogP contribution in [0.25, 0.3) is 10.9 Å². The molecular formula is C17H13BrClN3O2. The zero-order chi connectivity index (χ0) is 17.3. The fourth-order valence-electron chi connectivity index (χ4n) is 2.38. The van der Waals surface area contributed by atoms with Gasteiger partial charge in [0, 0.05) is 21.7 Å². The standard InChI is InChI=1S/C17H13BrClN3O2/c1-2-22-14-8-5-11(19)9-13(14)16(23)15(21-22)17(24)20-12-6-3-10(18)4-7-12/h3-9H,2H2,1H3,(H,20,24). The number of hydrogen-bond donors (Lipinski definition) is 1. The first kappa shape index (κ1) is 16.7. The highest BCUT2D eigenvalue weighted by atomic mass is 79.9. The third-order valence-corrected chi connectivity index (χ3v) is 4.30. The van der Waals surface area contributed by atoms with E-state index in [0.717, 1.165) is 4.47 Å². The lowest BCUT2D eigenvalue weighted by Crippen LogP contribution is -2.27. The largest absolute Gasteiger partial charge is 0.320 e. The minimum absolute atomic E-state index is 0.158. The molecule has 2 aromatic carbocycles. The van der Waals surface area contributed by atoms with Crippen LogP contribution in [0.2, 0.25) is 5.02 Å². The Kier molecular flexibility index (Phi) is 4.69. The SMILES string of the molecule is CCn1nc(C(=O)Nc2ccc(Br)cc2)c(=O)c2cc(Cl)ccc21. The Labute approximate surface area is 151 Å². The number of carbonyl (C=O) groups excluding carboxylic acids is 1. The van der Waals surface area contributed by atoms with E-state index >= 15 is 0 Å². The monoisotopic (exact) mass is 405 g/mol. The average molecular weight is 407 g/mol. The van der Waals surface area contributed by atoms with Gasteiger partial charge in [-0.15, -0.1) is 0 Å². The first-order valence-corrected chi connectivity index (χ1v) is 8.44. The van der Waals surface area contributed by atoms with Gasteiger partial charge in [0.2, 0.25) is 5.43 Å². The molecule has 0 aliphatic heterocycles. The third-order valence-electron chi connectivity index (χ3n) is 3.53. The summed E-state index contributed by atoms with van der Waals surface area (Å²) in [6, 6.07) is 12.0. The summed E-state index contributed by atoms with van der Waals surface area (Å²) in [5.41, 5.74) is 0.632. The van der Waals surface area contributed by atoms with Gasteiger partial charge < -0.3 is 5.32 Å². The summed E-state index contributed by atoms with van der Waals surface area (Å²) >= 11 is 9.32. The molecule has 0 saturated heterocycles. The van der Waals surface area contributed by atoms with E-state index in [0.29, 0.717) is 28.2 Å². The van der Waals surface area contributed by atoms with Crippen molar-refractivity contribution in [2.24, 2.45) is 0 Å². The molecule has 0 unspecified atom stereocenters. The average Bonchev–Trinajstić information content (AvgIpc) is 2.57. The van der Waals surface area contributed by atoms with Gasteiger partial charge in [-0.3, -0.25) is 14.3 Å². The van der Waals surface area contributed by atoms with Crippen LogP contribution in [0.3, 0.4) is 0 Å². The quantitative estimate of drug-likeness (QED) is 0.713. The number of aryl methyl sites for hydroxylation is 1. The highest BCUT2D eigenvalue weighted by Crippen LogP contribution is 2.18. The molecule has 122 valence electrons. The number of anilines is 1. The Bertz CT molecular complexity index is 984. The molecule has 0 saturated carbocycles. The minimum atomic E-state index is -0.550. The number of hydrogen-bond acceptors (Lipinski definition) is 3. The Morgan fingerprint density at radius 1 is 1.25 bits per heavy atom. The summed E-state index contributed by atoms with van der Waals surface area (Å²) in [5, 5.41) is 7.70. The first-order chi connectivity index (χ1) is 11.5. The molecule has 5 nitrogen and oxygen atoms in total. The second-order valence-corrected chi connectivity index (χ2v) is 6.47. The maximum absolute atomic E-state index is 12.6. The Balaban J connectivity index is 2.08. The lowest BCUT2D eigenvalue weighted by atomic mass is 10.2. The van der Waals surface area contributed by atoms with Crippen LogP contribution in [0.4, 0.5) is 5.69 Å². The summed E-state index contributed by atoms with van der Waals surface area (Å²) in [4.78, 5) is 25.1. The molecule has 24 heavy (non-hydrogen) atoms. The van der Waals surface area contributed by atoms with Gasteiger partial charge in [0.05, 0.1) is 10.9 Å². The number of amides is 1. The van der Waals surface area contributed by atoms with Gasteiger partial charge in [0.25, 0.3) is 5.91 Å². The number of nitrogens with zero attached hydrogens (tertiary/aromatic N) is 2. The van der Waals surface area contributed by atoms with Crippen LogP contribution in [-0.2, 0) is 6.54 Å². The van der Waals surface area contributed by atoms with Crippen molar-refractivity contribution < 1.29 is 4.79 Å². The van der Waals surface area contributed by atoms with E-state index in [1.807, 2.05) is 6.92 Å². The lowest BCUT2D eigenvalue weighted by Gasteiger charge is -2.11. The number of halogens is 2. The van der Waals surface area contributed by atoms with Crippen LogP contribution >= 0.6 is 27.5 Å². The van der Waals surface area contributed by atoms with E-state index in [1.54, 1.807) is 47.1 Å². The Morgan fingerprint density at radius 2 is 1.96 bits per heavy atom. The Morgan fingerprint density at radius 3 is 2.62 bits per heavy atom. The fraction of sp³-hybridized carbons (Fsp3) is 0.118. The van der Waals surface area contributed by atoms with E-state index < -0.39 is 11.3 Å². The maximum atomic E-state index is 12.6. The number of fused-ring (bicyclic) bond motifs is 1. The van der Waals surface area contributed by atoms with Crippen LogP contribution in [0.5, 0.6) is 0 Å². The molecule has 0 bridgehead atoms. The van der Waals surface area contributed by atoms with Crippen molar-refractivity contribution in [1.29, 1.82) is 0 Å². The summed E-state index contributed by atoms with van der Waals surface area (Å²) in [7, 11) is 0. The van der Waals surface area contributed by atoms with Crippen LogP contribution < -0.4 is 10.7 Å². The summed E-state index contributed by atoms with van der Waals surface area (Å²) in [6.07, 6.45) is 0. The highest BCUT2D eigenvalue weighted by Gasteiger charge is 2.17. The topological polar surface area (TPSA) is 64.0 Å². The van der Waals surface area contributed by atoms with E-state index in [1.165, 1.54) is 0 Å². The second kappa shape index (κ2) is 6.75. The van der Waals surface area contributed by atoms with E-state index in [4.69, 9.17) is 11.6 Å². The van der Waals surface area contributed by atoms with Crippen molar-refractivity contribution in [3.63, 3.8) is 0 Å². The lowest BCUT2D eigenvalue weighted by molar-refractivity contribution is 0.101. The number of aromatic nitrogens is 2. The predicted octanol–water partition coefficient (Wildman–Crippen LogP) is 4.08. The highest BCUT2D eigenvalue weighted by molar-refractivity contribution is 9.10. The number of rotatable bonds is 3. The molecule has 1 heterocycles. The first-order valence-electron chi connectivity index (χ1n) is 7.27. The molecule has 0 aliphatic carbocycles. The number of nitrogens with one attached hydrogen (secondary N) is 1. The molecule has 0 spiro atoms. The van der Waals surface area contributed by atoms with Crippen molar-refractivity contribution >= 4 is 50.0 Å². The zero-order valence-electron chi connectivity index (χ0n) is 12.7. The number of carbonyl (C=O) groups is 1. The Hall–Kier alpha value is -2.18. The number of benzene rings is 2. The normalized spacial score (nSPS) is 10.8. The van der Waals surface area contributed by atoms with Crippen molar-refractivity contribution in [2.45, 2.75) is 13.5 Å². The van der Waals surface area contributed by atoms with Gasteiger partial charge in [-0.1, -0.05) is 27.5 Å². The van der Waals surface area contributed by atoms with Crippen LogP contribution in [0.1, 0.15) is 17.4 Å². The van der Waals surface area contributed by atoms with Gasteiger partial charge in [0.1, 0.15) is 0 Å². The molecular weight excluding hydrogens is 394 g/mol. The molecule has 3 rings (SSSR count). The molecule has 0 radical (unpaired) electrons. The van der Waals surface area contributed by atoms with Crippen molar-refractivity contribution in [1.82, 2.24) is 9.78 Å². The maximum Gasteiger partial charge on any atom is 0.280 e. The molecule has 0 fully saturated rings. The molecule has 0 atom stereocenters. The molecule has 1 aromatic heterocycles. The van der Waals surface area contributed by atoms with Crippen LogP contribution in [0, 0.1) is 0 Å². The minimum Gasteiger partial charge on any atom is -0.320 e. The van der Waals surface area contributed by atoms with Crippen molar-refractivity contribution in [3.8, 4) is 0 Å². The smallest absolute Gasteiger partial charge is 0.280 e. The van der Waals surface area contributed by atoms with E-state index in [2.05, 4.69) is 26.3 Å². The molecule has 0 aliphatic rings. The van der Waals surface area contributed by atoms with Gasteiger partial charge >= 0.3 is 0 Å². The molecule has 1 amide bonds. The van der Waals surface area contributed by atoms with Gasteiger partial charge in [0.15, 0.2) is 5.69 Å². The van der Waals surface area contributed by atoms with Crippen molar-refractivity contribution in [2.75, 3.05) is 5.32 Å². The third kappa shape index (κ3) is 3.20. The second-order valence-electron chi connectivity index (χ2n) is 5.12. The summed E-state index contributed by atoms with van der Waals surface area (Å²) in [6.45, 7) is 2.42. The molecule has 1 N–H and O–H groups in total. The molecule has 7 heteroatoms. The van der Waals surface area contributed by atoms with E-state index in [9.17, 15) is 9.59 Å². The summed E-state index contributed by atoms with van der Waals surface area (Å²) < 4.78 is 2.51. The van der Waals surface area contributed by atoms with Crippen LogP contribution in [-0.4, -0.2) is 15.7 Å². The van der Waals surface area contributed by atoms with Gasteiger partial charge in [-0.2, -0.15) is 5.10 Å². The van der Waals surface area contributed by atoms with Crippen molar-refractivity contribution in [3.05, 3.63) is 67.9 Å². The predicted molar refractivity (Wildman–Crippen MR) is 98.8 cm³/mol. The van der Waals surface area contributed by atoms with Gasteiger partial charge in [-0.05, 0) is 49.4 Å². The fourth-order valence-corrected chi connectivity index (χ4v) is 2.81. The van der Waals surface area contributed by atoms with E-state index in [-0.39, 0.29) is 5.69 Å².